The molecule has 0 aliphatic rings. The van der Waals surface area contributed by atoms with Gasteiger partial charge in [0.2, 0.25) is 0 Å². The number of hydrogen-bond donors (Lipinski definition) is 2. The highest BCUT2D eigenvalue weighted by atomic mass is 19.4. The Morgan fingerprint density at radius 1 is 0.543 bits per heavy atom. The first-order chi connectivity index (χ1) is 21.7. The molecular formula is C33H42F6N2O5. The van der Waals surface area contributed by atoms with Crippen molar-refractivity contribution in [3.63, 3.8) is 0 Å². The molecule has 0 aromatic heterocycles. The second kappa shape index (κ2) is 19.0. The Morgan fingerprint density at radius 3 is 1.24 bits per heavy atom. The molecule has 2 N–H and O–H groups in total. The van der Waals surface area contributed by atoms with Gasteiger partial charge in [0.05, 0.1) is 35.5 Å². The number of nitrogens with one attached hydrogen (secondary N) is 2. The van der Waals surface area contributed by atoms with E-state index in [2.05, 4.69) is 24.5 Å². The van der Waals surface area contributed by atoms with Crippen LogP contribution in [0, 0.1) is 0 Å². The Balaban J connectivity index is 2.13. The van der Waals surface area contributed by atoms with Gasteiger partial charge in [-0.25, -0.2) is 14.4 Å². The first kappa shape index (κ1) is 38.4. The van der Waals surface area contributed by atoms with E-state index in [0.29, 0.717) is 37.1 Å². The SMILES string of the molecule is CCCCCCCCOC(=O)c1cc(NC(=O)Nc2cc(C(=O)OCCCCCCCC)cc(C(F)(F)F)c2)cc(C(F)(F)F)c1. The van der Waals surface area contributed by atoms with Gasteiger partial charge in [0.15, 0.2) is 0 Å². The highest BCUT2D eigenvalue weighted by molar-refractivity contribution is 6.02. The number of halogens is 6. The van der Waals surface area contributed by atoms with Gasteiger partial charge in [0.25, 0.3) is 0 Å². The predicted molar refractivity (Wildman–Crippen MR) is 163 cm³/mol. The van der Waals surface area contributed by atoms with Gasteiger partial charge in [-0.3, -0.25) is 0 Å². The zero-order valence-corrected chi connectivity index (χ0v) is 26.2. The van der Waals surface area contributed by atoms with Crippen molar-refractivity contribution in [2.75, 3.05) is 23.8 Å². The molecule has 2 amide bonds. The highest BCUT2D eigenvalue weighted by Crippen LogP contribution is 2.34. The van der Waals surface area contributed by atoms with Crippen LogP contribution in [-0.2, 0) is 21.8 Å². The van der Waals surface area contributed by atoms with Crippen LogP contribution in [0.15, 0.2) is 36.4 Å². The van der Waals surface area contributed by atoms with Crippen molar-refractivity contribution in [1.82, 2.24) is 0 Å². The third kappa shape index (κ3) is 14.1. The van der Waals surface area contributed by atoms with Crippen LogP contribution in [0.25, 0.3) is 0 Å². The van der Waals surface area contributed by atoms with Crippen LogP contribution < -0.4 is 10.6 Å². The topological polar surface area (TPSA) is 93.7 Å². The molecule has 0 heterocycles. The summed E-state index contributed by atoms with van der Waals surface area (Å²) < 4.78 is 91.7. The van der Waals surface area contributed by atoms with E-state index in [1.165, 1.54) is 0 Å². The number of anilines is 2. The average Bonchev–Trinajstić information content (AvgIpc) is 2.98. The van der Waals surface area contributed by atoms with Crippen LogP contribution in [0.5, 0.6) is 0 Å². The summed E-state index contributed by atoms with van der Waals surface area (Å²) in [6, 6.07) is 3.04. The lowest BCUT2D eigenvalue weighted by Crippen LogP contribution is -2.21. The van der Waals surface area contributed by atoms with Crippen molar-refractivity contribution in [2.45, 2.75) is 103 Å². The molecule has 0 radical (unpaired) electrons. The zero-order chi connectivity index (χ0) is 34.2. The van der Waals surface area contributed by atoms with E-state index in [9.17, 15) is 40.7 Å². The summed E-state index contributed by atoms with van der Waals surface area (Å²) in [4.78, 5) is 37.7. The minimum atomic E-state index is -4.88. The summed E-state index contributed by atoms with van der Waals surface area (Å²) in [5.41, 5.74) is -4.33. The lowest BCUT2D eigenvalue weighted by molar-refractivity contribution is -0.138. The van der Waals surface area contributed by atoms with Crippen LogP contribution in [0.4, 0.5) is 42.5 Å². The molecule has 0 atom stereocenters. The summed E-state index contributed by atoms with van der Waals surface area (Å²) in [5.74, 6) is -2.05. The number of benzene rings is 2. The quantitative estimate of drug-likeness (QED) is 0.0943. The number of carbonyl (C=O) groups excluding carboxylic acids is 3. The number of unbranched alkanes of at least 4 members (excludes halogenated alkanes) is 10. The predicted octanol–water partition coefficient (Wildman–Crippen LogP) is 10.4. The molecule has 256 valence electrons. The number of esters is 2. The van der Waals surface area contributed by atoms with Gasteiger partial charge < -0.3 is 20.1 Å². The first-order valence-corrected chi connectivity index (χ1v) is 15.6. The van der Waals surface area contributed by atoms with Gasteiger partial charge in [-0.15, -0.1) is 0 Å². The van der Waals surface area contributed by atoms with Gasteiger partial charge in [0, 0.05) is 11.4 Å². The highest BCUT2D eigenvalue weighted by Gasteiger charge is 2.33. The van der Waals surface area contributed by atoms with E-state index < -0.39 is 64.0 Å². The lowest BCUT2D eigenvalue weighted by atomic mass is 10.1. The van der Waals surface area contributed by atoms with Crippen LogP contribution in [0.3, 0.4) is 0 Å². The number of ether oxygens (including phenoxy) is 2. The standard InChI is InChI=1S/C33H42F6N2O5/c1-3-5-7-9-11-13-15-45-29(42)23-17-25(32(34,35)36)21-27(19-23)40-31(44)41-28-20-24(18-26(22-28)33(37,38)39)30(43)46-16-14-12-10-8-6-4-2/h17-22H,3-16H2,1-2H3,(H2,40,41,44). The normalized spacial score (nSPS) is 11.7. The largest absolute Gasteiger partial charge is 0.462 e. The van der Waals surface area contributed by atoms with Gasteiger partial charge in [0.1, 0.15) is 0 Å². The minimum Gasteiger partial charge on any atom is -0.462 e. The summed E-state index contributed by atoms with van der Waals surface area (Å²) in [5, 5.41) is 4.22. The fraction of sp³-hybridized carbons (Fsp3) is 0.545. The molecule has 0 saturated heterocycles. The summed E-state index contributed by atoms with van der Waals surface area (Å²) in [6.07, 6.45) is 1.10. The number of amides is 2. The minimum absolute atomic E-state index is 0.00369. The fourth-order valence-electron chi connectivity index (χ4n) is 4.52. The average molecular weight is 661 g/mol. The number of alkyl halides is 6. The van der Waals surface area contributed by atoms with E-state index >= 15 is 0 Å². The van der Waals surface area contributed by atoms with Crippen molar-refractivity contribution >= 4 is 29.3 Å². The summed E-state index contributed by atoms with van der Waals surface area (Å²) in [7, 11) is 0. The Labute approximate surface area is 265 Å². The van der Waals surface area contributed by atoms with Crippen molar-refractivity contribution in [3.8, 4) is 0 Å². The van der Waals surface area contributed by atoms with E-state index in [1.807, 2.05) is 0 Å². The summed E-state index contributed by atoms with van der Waals surface area (Å²) in [6.45, 7) is 4.15. The molecule has 0 aliphatic carbocycles. The van der Waals surface area contributed by atoms with E-state index in [4.69, 9.17) is 9.47 Å². The Morgan fingerprint density at radius 2 is 0.891 bits per heavy atom. The van der Waals surface area contributed by atoms with Gasteiger partial charge >= 0.3 is 30.3 Å². The molecular weight excluding hydrogens is 618 g/mol. The van der Waals surface area contributed by atoms with Crippen LogP contribution >= 0.6 is 0 Å². The van der Waals surface area contributed by atoms with Crippen molar-refractivity contribution < 1.29 is 50.2 Å². The van der Waals surface area contributed by atoms with Crippen LogP contribution in [0.2, 0.25) is 0 Å². The molecule has 2 aromatic rings. The molecule has 0 fully saturated rings. The Bertz CT molecular complexity index is 1180. The molecule has 0 saturated carbocycles. The third-order valence-electron chi connectivity index (χ3n) is 6.97. The molecule has 0 bridgehead atoms. The van der Waals surface area contributed by atoms with Gasteiger partial charge in [-0.1, -0.05) is 78.1 Å². The monoisotopic (exact) mass is 660 g/mol. The molecule has 0 spiro atoms. The Kier molecular flexibility index (Phi) is 15.9. The fourth-order valence-corrected chi connectivity index (χ4v) is 4.52. The maximum Gasteiger partial charge on any atom is 0.416 e. The maximum absolute atomic E-state index is 13.6. The molecule has 46 heavy (non-hydrogen) atoms. The molecule has 13 heteroatoms. The molecule has 2 aromatic carbocycles. The van der Waals surface area contributed by atoms with E-state index in [-0.39, 0.29) is 13.2 Å². The number of urea groups is 1. The van der Waals surface area contributed by atoms with Gasteiger partial charge in [-0.2, -0.15) is 26.3 Å². The zero-order valence-electron chi connectivity index (χ0n) is 26.2. The third-order valence-corrected chi connectivity index (χ3v) is 6.97. The van der Waals surface area contributed by atoms with Crippen molar-refractivity contribution in [2.24, 2.45) is 0 Å². The first-order valence-electron chi connectivity index (χ1n) is 15.6. The van der Waals surface area contributed by atoms with Crippen LogP contribution in [-0.4, -0.2) is 31.2 Å². The maximum atomic E-state index is 13.6. The second-order valence-corrected chi connectivity index (χ2v) is 11.0. The Hall–Kier alpha value is -3.77. The molecule has 2 rings (SSSR count). The molecule has 0 unspecified atom stereocenters. The smallest absolute Gasteiger partial charge is 0.416 e. The van der Waals surface area contributed by atoms with E-state index in [0.717, 1.165) is 76.3 Å². The summed E-state index contributed by atoms with van der Waals surface area (Å²) >= 11 is 0. The molecule has 7 nitrogen and oxygen atoms in total. The van der Waals surface area contributed by atoms with Crippen molar-refractivity contribution in [3.05, 3.63) is 58.7 Å². The van der Waals surface area contributed by atoms with Crippen molar-refractivity contribution in [1.29, 1.82) is 0 Å². The molecule has 0 aliphatic heterocycles. The number of rotatable bonds is 18. The van der Waals surface area contributed by atoms with E-state index in [1.54, 1.807) is 0 Å². The van der Waals surface area contributed by atoms with Gasteiger partial charge in [-0.05, 0) is 49.2 Å². The second-order valence-electron chi connectivity index (χ2n) is 11.0. The number of hydrogen-bond acceptors (Lipinski definition) is 5. The lowest BCUT2D eigenvalue weighted by Gasteiger charge is -2.15. The van der Waals surface area contributed by atoms with Crippen LogP contribution in [0.1, 0.15) is 123 Å². The number of carbonyl (C=O) groups is 3.